The Balaban J connectivity index is 1.95. The molecule has 1 aliphatic carbocycles. The lowest BCUT2D eigenvalue weighted by atomic mass is 9.95. The molecule has 2 atom stereocenters. The molecule has 124 valence electrons. The number of nitrogens with one attached hydrogen (secondary N) is 1. The highest BCUT2D eigenvalue weighted by atomic mass is 19.1. The number of amides is 1. The zero-order valence-electron chi connectivity index (χ0n) is 14.0. The molecule has 1 aromatic carbocycles. The molecule has 0 bridgehead atoms. The van der Waals surface area contributed by atoms with E-state index in [2.05, 4.69) is 25.2 Å². The van der Waals surface area contributed by atoms with Crippen LogP contribution < -0.4 is 10.6 Å². The van der Waals surface area contributed by atoms with Crippen LogP contribution >= 0.6 is 0 Å². The first kappa shape index (κ1) is 17.4. The van der Waals surface area contributed by atoms with E-state index in [1.54, 1.807) is 19.1 Å². The van der Waals surface area contributed by atoms with E-state index in [1.165, 1.54) is 12.1 Å². The van der Waals surface area contributed by atoms with Gasteiger partial charge in [0.05, 0.1) is 6.07 Å². The van der Waals surface area contributed by atoms with Gasteiger partial charge in [-0.2, -0.15) is 5.26 Å². The topological polar surface area (TPSA) is 69.5 Å². The molecular formula is C18H25FN3O+. The first-order valence-electron chi connectivity index (χ1n) is 8.17. The minimum absolute atomic E-state index is 0.0793. The molecule has 2 rings (SSSR count). The third kappa shape index (κ3) is 4.52. The quantitative estimate of drug-likeness (QED) is 0.806. The van der Waals surface area contributed by atoms with Gasteiger partial charge in [0, 0.05) is 11.5 Å². The van der Waals surface area contributed by atoms with Crippen molar-refractivity contribution in [2.75, 3.05) is 6.54 Å². The van der Waals surface area contributed by atoms with Gasteiger partial charge in [-0.3, -0.25) is 4.79 Å². The number of halogens is 1. The summed E-state index contributed by atoms with van der Waals surface area (Å²) in [7, 11) is 0. The Labute approximate surface area is 137 Å². The zero-order chi connectivity index (χ0) is 17.0. The van der Waals surface area contributed by atoms with Crippen LogP contribution in [0, 0.1) is 29.0 Å². The van der Waals surface area contributed by atoms with E-state index >= 15 is 0 Å². The number of nitriles is 1. The number of nitrogens with two attached hydrogens (primary N) is 1. The Morgan fingerprint density at radius 2 is 2.04 bits per heavy atom. The van der Waals surface area contributed by atoms with Gasteiger partial charge < -0.3 is 10.6 Å². The molecule has 0 aromatic heterocycles. The molecule has 0 spiro atoms. The number of rotatable bonds is 7. The van der Waals surface area contributed by atoms with Crippen molar-refractivity contribution in [1.29, 1.82) is 5.26 Å². The number of quaternary nitrogens is 1. The van der Waals surface area contributed by atoms with Crippen LogP contribution in [0.5, 0.6) is 0 Å². The van der Waals surface area contributed by atoms with E-state index in [-0.39, 0.29) is 30.2 Å². The molecule has 0 aliphatic heterocycles. The van der Waals surface area contributed by atoms with Gasteiger partial charge in [-0.15, -0.1) is 0 Å². The summed E-state index contributed by atoms with van der Waals surface area (Å²) in [4.78, 5) is 12.2. The van der Waals surface area contributed by atoms with Crippen LogP contribution in [0.4, 0.5) is 4.39 Å². The van der Waals surface area contributed by atoms with Gasteiger partial charge in [0.2, 0.25) is 0 Å². The predicted molar refractivity (Wildman–Crippen MR) is 85.7 cm³/mol. The highest BCUT2D eigenvalue weighted by Gasteiger charge is 2.43. The normalized spacial score (nSPS) is 18.1. The molecule has 0 heterocycles. The lowest BCUT2D eigenvalue weighted by Crippen LogP contribution is -2.88. The Hall–Kier alpha value is -1.93. The van der Waals surface area contributed by atoms with Gasteiger partial charge in [-0.1, -0.05) is 26.0 Å². The predicted octanol–water partition coefficient (Wildman–Crippen LogP) is 1.89. The van der Waals surface area contributed by atoms with Crippen LogP contribution in [0.1, 0.15) is 45.2 Å². The number of carbonyl (C=O) groups is 1. The number of carbonyl (C=O) groups excluding carboxylic acids is 1. The third-order valence-electron chi connectivity index (χ3n) is 4.56. The van der Waals surface area contributed by atoms with E-state index < -0.39 is 5.54 Å². The summed E-state index contributed by atoms with van der Waals surface area (Å²) in [6.07, 6.45) is 2.00. The SMILES string of the molecule is CC(C)[C@H]([NH2+]CC(=O)N[C@@](C)(C#N)C1CC1)c1ccc(F)cc1. The number of hydrogen-bond donors (Lipinski definition) is 2. The van der Waals surface area contributed by atoms with Crippen molar-refractivity contribution in [1.82, 2.24) is 5.32 Å². The van der Waals surface area contributed by atoms with Crippen molar-refractivity contribution < 1.29 is 14.5 Å². The maximum absolute atomic E-state index is 13.1. The fraction of sp³-hybridized carbons (Fsp3) is 0.556. The number of hydrogen-bond acceptors (Lipinski definition) is 2. The summed E-state index contributed by atoms with van der Waals surface area (Å²) < 4.78 is 13.1. The highest BCUT2D eigenvalue weighted by Crippen LogP contribution is 2.39. The average molecular weight is 318 g/mol. The van der Waals surface area contributed by atoms with Crippen LogP contribution in [0.2, 0.25) is 0 Å². The molecule has 4 nitrogen and oxygen atoms in total. The van der Waals surface area contributed by atoms with Gasteiger partial charge in [0.25, 0.3) is 5.91 Å². The smallest absolute Gasteiger partial charge is 0.276 e. The Bertz CT molecular complexity index is 589. The van der Waals surface area contributed by atoms with Gasteiger partial charge in [-0.05, 0) is 37.8 Å². The van der Waals surface area contributed by atoms with Crippen LogP contribution in [0.25, 0.3) is 0 Å². The van der Waals surface area contributed by atoms with Gasteiger partial charge in [-0.25, -0.2) is 4.39 Å². The Kier molecular flexibility index (Phi) is 5.38. The molecule has 1 fully saturated rings. The molecule has 5 heteroatoms. The van der Waals surface area contributed by atoms with E-state index in [1.807, 2.05) is 5.32 Å². The zero-order valence-corrected chi connectivity index (χ0v) is 14.0. The summed E-state index contributed by atoms with van der Waals surface area (Å²) >= 11 is 0. The number of benzene rings is 1. The molecule has 0 saturated heterocycles. The summed E-state index contributed by atoms with van der Waals surface area (Å²) in [6, 6.07) is 8.72. The van der Waals surface area contributed by atoms with Crippen LogP contribution in [-0.4, -0.2) is 18.0 Å². The molecule has 23 heavy (non-hydrogen) atoms. The standard InChI is InChI=1S/C18H24FN3O/c1-12(2)17(13-4-8-15(19)9-5-13)21-10-16(23)22-18(3,11-20)14-6-7-14/h4-5,8-9,12,14,17,21H,6-7,10H2,1-3H3,(H,22,23)/p+1/t17-,18-/m0/s1. The minimum Gasteiger partial charge on any atom is -0.333 e. The monoisotopic (exact) mass is 318 g/mol. The van der Waals surface area contributed by atoms with Gasteiger partial charge in [0.1, 0.15) is 17.4 Å². The summed E-state index contributed by atoms with van der Waals surface area (Å²) in [5, 5.41) is 14.1. The van der Waals surface area contributed by atoms with Gasteiger partial charge >= 0.3 is 0 Å². The molecule has 0 unspecified atom stereocenters. The van der Waals surface area contributed by atoms with Crippen molar-refractivity contribution in [2.45, 2.75) is 45.2 Å². The molecule has 1 amide bonds. The highest BCUT2D eigenvalue weighted by molar-refractivity contribution is 5.78. The molecule has 1 aromatic rings. The largest absolute Gasteiger partial charge is 0.333 e. The maximum Gasteiger partial charge on any atom is 0.276 e. The average Bonchev–Trinajstić information content (AvgIpc) is 3.34. The first-order valence-corrected chi connectivity index (χ1v) is 8.17. The Morgan fingerprint density at radius 1 is 1.43 bits per heavy atom. The van der Waals surface area contributed by atoms with E-state index in [9.17, 15) is 14.4 Å². The minimum atomic E-state index is -0.756. The lowest BCUT2D eigenvalue weighted by molar-refractivity contribution is -0.692. The summed E-state index contributed by atoms with van der Waals surface area (Å²) in [5.41, 5.74) is 0.244. The van der Waals surface area contributed by atoms with Crippen LogP contribution in [0.3, 0.4) is 0 Å². The van der Waals surface area contributed by atoms with E-state index in [0.29, 0.717) is 5.92 Å². The molecular weight excluding hydrogens is 293 g/mol. The fourth-order valence-corrected chi connectivity index (χ4v) is 2.93. The second-order valence-electron chi connectivity index (χ2n) is 6.90. The lowest BCUT2D eigenvalue weighted by Gasteiger charge is -2.24. The molecule has 3 N–H and O–H groups in total. The van der Waals surface area contributed by atoms with Crippen LogP contribution in [-0.2, 0) is 4.79 Å². The van der Waals surface area contributed by atoms with Gasteiger partial charge in [0.15, 0.2) is 6.54 Å². The molecule has 1 aliphatic rings. The second-order valence-corrected chi connectivity index (χ2v) is 6.90. The second kappa shape index (κ2) is 7.10. The Morgan fingerprint density at radius 3 is 2.52 bits per heavy atom. The van der Waals surface area contributed by atoms with Crippen molar-refractivity contribution in [3.63, 3.8) is 0 Å². The summed E-state index contributed by atoms with van der Waals surface area (Å²) in [6.45, 7) is 6.20. The number of nitrogens with zero attached hydrogens (tertiary/aromatic N) is 1. The van der Waals surface area contributed by atoms with Crippen molar-refractivity contribution in [3.8, 4) is 6.07 Å². The van der Waals surface area contributed by atoms with Crippen molar-refractivity contribution >= 4 is 5.91 Å². The fourth-order valence-electron chi connectivity index (χ4n) is 2.93. The van der Waals surface area contributed by atoms with Crippen molar-refractivity contribution in [2.24, 2.45) is 11.8 Å². The molecule has 0 radical (unpaired) electrons. The molecule has 1 saturated carbocycles. The maximum atomic E-state index is 13.1. The van der Waals surface area contributed by atoms with E-state index in [0.717, 1.165) is 18.4 Å². The summed E-state index contributed by atoms with van der Waals surface area (Å²) in [5.74, 6) is 0.186. The van der Waals surface area contributed by atoms with Crippen molar-refractivity contribution in [3.05, 3.63) is 35.6 Å². The third-order valence-corrected chi connectivity index (χ3v) is 4.56. The van der Waals surface area contributed by atoms with Crippen LogP contribution in [0.15, 0.2) is 24.3 Å². The van der Waals surface area contributed by atoms with E-state index in [4.69, 9.17) is 0 Å². The first-order chi connectivity index (χ1) is 10.9.